The van der Waals surface area contributed by atoms with Gasteiger partial charge in [-0.15, -0.1) is 0 Å². The molecular weight excluding hydrogens is 362 g/mol. The summed E-state index contributed by atoms with van der Waals surface area (Å²) in [6.07, 6.45) is 1.88. The Bertz CT molecular complexity index is 1190. The highest BCUT2D eigenvalue weighted by atomic mass is 16.1. The summed E-state index contributed by atoms with van der Waals surface area (Å²) < 4.78 is 1.67. The molecular formula is C23H23N5O. The van der Waals surface area contributed by atoms with Gasteiger partial charge in [0.2, 0.25) is 0 Å². The fraction of sp³-hybridized carbons (Fsp3) is 0.217. The Balaban J connectivity index is 1.51. The van der Waals surface area contributed by atoms with Crippen molar-refractivity contribution in [1.82, 2.24) is 19.7 Å². The van der Waals surface area contributed by atoms with Gasteiger partial charge in [-0.05, 0) is 31.3 Å². The molecule has 0 saturated carbocycles. The zero-order valence-electron chi connectivity index (χ0n) is 16.4. The third-order valence-corrected chi connectivity index (χ3v) is 5.64. The summed E-state index contributed by atoms with van der Waals surface area (Å²) in [6.45, 7) is 4.26. The van der Waals surface area contributed by atoms with Crippen LogP contribution in [0.25, 0.3) is 27.8 Å². The van der Waals surface area contributed by atoms with Crippen molar-refractivity contribution >= 4 is 16.6 Å². The van der Waals surface area contributed by atoms with Crippen LogP contribution in [0.15, 0.2) is 71.7 Å². The molecule has 0 unspecified atom stereocenters. The van der Waals surface area contributed by atoms with Crippen molar-refractivity contribution in [3.8, 4) is 16.9 Å². The van der Waals surface area contributed by atoms with Crippen molar-refractivity contribution in [3.63, 3.8) is 0 Å². The van der Waals surface area contributed by atoms with Crippen LogP contribution in [0.5, 0.6) is 0 Å². The minimum absolute atomic E-state index is 0.0793. The lowest BCUT2D eigenvalue weighted by atomic mass is 10.1. The highest BCUT2D eigenvalue weighted by Crippen LogP contribution is 2.28. The number of hydrogen-bond acceptors (Lipinski definition) is 4. The number of aromatic nitrogens is 3. The first-order valence-corrected chi connectivity index (χ1v) is 9.89. The molecule has 1 fully saturated rings. The van der Waals surface area contributed by atoms with Crippen molar-refractivity contribution in [1.29, 1.82) is 0 Å². The first-order valence-electron chi connectivity index (χ1n) is 9.89. The van der Waals surface area contributed by atoms with Crippen molar-refractivity contribution in [2.45, 2.75) is 0 Å². The van der Waals surface area contributed by atoms with Crippen LogP contribution in [0.2, 0.25) is 0 Å². The number of fused-ring (bicyclic) bond motifs is 1. The number of likely N-dealkylation sites (N-methyl/N-ethyl adjacent to an activating group) is 1. The number of pyridine rings is 1. The first-order chi connectivity index (χ1) is 14.2. The molecule has 1 aliphatic rings. The third kappa shape index (κ3) is 3.32. The van der Waals surface area contributed by atoms with E-state index in [0.717, 1.165) is 54.0 Å². The Morgan fingerprint density at radius 2 is 1.62 bits per heavy atom. The topological polar surface area (TPSA) is 57.2 Å². The van der Waals surface area contributed by atoms with Gasteiger partial charge in [-0.1, -0.05) is 30.3 Å². The van der Waals surface area contributed by atoms with Gasteiger partial charge < -0.3 is 9.80 Å². The number of nitrogens with one attached hydrogen (secondary N) is 1. The number of nitrogens with zero attached hydrogens (tertiary/aromatic N) is 4. The Labute approximate surface area is 169 Å². The van der Waals surface area contributed by atoms with Crippen LogP contribution in [0.4, 0.5) is 5.69 Å². The summed E-state index contributed by atoms with van der Waals surface area (Å²) in [7, 11) is 2.16. The average molecular weight is 385 g/mol. The van der Waals surface area contributed by atoms with Crippen LogP contribution in [0, 0.1) is 0 Å². The average Bonchev–Trinajstić information content (AvgIpc) is 3.17. The molecule has 5 rings (SSSR count). The molecule has 6 heteroatoms. The van der Waals surface area contributed by atoms with Gasteiger partial charge >= 0.3 is 0 Å². The molecule has 0 aliphatic carbocycles. The van der Waals surface area contributed by atoms with Gasteiger partial charge in [-0.3, -0.25) is 14.5 Å². The molecule has 1 N–H and O–H groups in total. The first kappa shape index (κ1) is 17.7. The minimum Gasteiger partial charge on any atom is -0.369 e. The predicted molar refractivity (Wildman–Crippen MR) is 117 cm³/mol. The molecule has 1 aliphatic heterocycles. The van der Waals surface area contributed by atoms with Gasteiger partial charge in [0.25, 0.3) is 5.56 Å². The zero-order chi connectivity index (χ0) is 19.8. The van der Waals surface area contributed by atoms with Gasteiger partial charge in [0.15, 0.2) is 0 Å². The van der Waals surface area contributed by atoms with Crippen molar-refractivity contribution < 1.29 is 0 Å². The van der Waals surface area contributed by atoms with Gasteiger partial charge in [-0.25, -0.2) is 0 Å². The second-order valence-electron chi connectivity index (χ2n) is 7.55. The number of piperazine rings is 1. The fourth-order valence-electron chi connectivity index (χ4n) is 3.90. The van der Waals surface area contributed by atoms with E-state index in [9.17, 15) is 4.79 Å². The van der Waals surface area contributed by atoms with Gasteiger partial charge in [0, 0.05) is 60.8 Å². The smallest absolute Gasteiger partial charge is 0.257 e. The normalized spacial score (nSPS) is 15.1. The van der Waals surface area contributed by atoms with Crippen LogP contribution in [0.1, 0.15) is 0 Å². The maximum Gasteiger partial charge on any atom is 0.257 e. The lowest BCUT2D eigenvalue weighted by molar-refractivity contribution is 0.313. The van der Waals surface area contributed by atoms with Crippen molar-refractivity contribution in [2.75, 3.05) is 38.1 Å². The molecule has 29 heavy (non-hydrogen) atoms. The molecule has 1 saturated heterocycles. The summed E-state index contributed by atoms with van der Waals surface area (Å²) in [5, 5.41) is 8.44. The standard InChI is InChI=1S/C23H23N5O/c1-26-11-13-27(14-12-26)18-9-7-17(8-10-18)23-20-16-28(19-5-3-2-4-6-19)22(29)15-21(20)24-25-23/h2-10,15-16,24H,11-14H2,1H3. The van der Waals surface area contributed by atoms with E-state index in [1.54, 1.807) is 10.6 Å². The molecule has 0 bridgehead atoms. The second kappa shape index (κ2) is 7.22. The van der Waals surface area contributed by atoms with E-state index in [1.807, 2.05) is 36.5 Å². The molecule has 4 aromatic rings. The number of para-hydroxylation sites is 1. The third-order valence-electron chi connectivity index (χ3n) is 5.64. The van der Waals surface area contributed by atoms with Crippen molar-refractivity contribution in [2.24, 2.45) is 0 Å². The quantitative estimate of drug-likeness (QED) is 0.589. The van der Waals surface area contributed by atoms with E-state index < -0.39 is 0 Å². The Kier molecular flexibility index (Phi) is 4.41. The lowest BCUT2D eigenvalue weighted by Crippen LogP contribution is -2.44. The zero-order valence-corrected chi connectivity index (χ0v) is 16.4. The summed E-state index contributed by atoms with van der Waals surface area (Å²) in [4.78, 5) is 17.3. The summed E-state index contributed by atoms with van der Waals surface area (Å²) in [5.41, 5.74) is 4.64. The fourth-order valence-corrected chi connectivity index (χ4v) is 3.90. The van der Waals surface area contributed by atoms with Crippen LogP contribution >= 0.6 is 0 Å². The van der Waals surface area contributed by atoms with E-state index in [2.05, 4.69) is 51.3 Å². The number of H-pyrrole nitrogens is 1. The Morgan fingerprint density at radius 1 is 0.897 bits per heavy atom. The summed E-state index contributed by atoms with van der Waals surface area (Å²) >= 11 is 0. The number of hydrogen-bond donors (Lipinski definition) is 1. The second-order valence-corrected chi connectivity index (χ2v) is 7.55. The minimum atomic E-state index is -0.0793. The lowest BCUT2D eigenvalue weighted by Gasteiger charge is -2.34. The SMILES string of the molecule is CN1CCN(c2ccc(-c3n[nH]c4cc(=O)n(-c5ccccc5)cc34)cc2)CC1. The number of benzene rings is 2. The predicted octanol–water partition coefficient (Wildman–Crippen LogP) is 3.13. The maximum atomic E-state index is 12.5. The highest BCUT2D eigenvalue weighted by Gasteiger charge is 2.15. The van der Waals surface area contributed by atoms with E-state index in [4.69, 9.17) is 0 Å². The van der Waals surface area contributed by atoms with Crippen LogP contribution in [-0.4, -0.2) is 52.9 Å². The van der Waals surface area contributed by atoms with E-state index in [0.29, 0.717) is 0 Å². The van der Waals surface area contributed by atoms with E-state index in [1.165, 1.54) is 5.69 Å². The molecule has 3 heterocycles. The summed E-state index contributed by atoms with van der Waals surface area (Å²) in [6, 6.07) is 19.8. The van der Waals surface area contributed by atoms with Gasteiger partial charge in [0.05, 0.1) is 5.52 Å². The largest absolute Gasteiger partial charge is 0.369 e. The molecule has 2 aromatic carbocycles. The Hall–Kier alpha value is -3.38. The number of aromatic amines is 1. The molecule has 0 spiro atoms. The Morgan fingerprint density at radius 3 is 2.34 bits per heavy atom. The van der Waals surface area contributed by atoms with E-state index >= 15 is 0 Å². The molecule has 2 aromatic heterocycles. The van der Waals surface area contributed by atoms with Crippen LogP contribution in [0.3, 0.4) is 0 Å². The van der Waals surface area contributed by atoms with Crippen LogP contribution in [-0.2, 0) is 0 Å². The van der Waals surface area contributed by atoms with Crippen LogP contribution < -0.4 is 10.5 Å². The monoisotopic (exact) mass is 385 g/mol. The van der Waals surface area contributed by atoms with E-state index in [-0.39, 0.29) is 5.56 Å². The highest BCUT2D eigenvalue weighted by molar-refractivity contribution is 5.92. The van der Waals surface area contributed by atoms with Crippen molar-refractivity contribution in [3.05, 3.63) is 77.2 Å². The number of anilines is 1. The molecule has 6 nitrogen and oxygen atoms in total. The van der Waals surface area contributed by atoms with Gasteiger partial charge in [-0.2, -0.15) is 5.10 Å². The van der Waals surface area contributed by atoms with Gasteiger partial charge in [0.1, 0.15) is 5.69 Å². The maximum absolute atomic E-state index is 12.5. The molecule has 0 atom stereocenters. The number of rotatable bonds is 3. The molecule has 0 radical (unpaired) electrons. The molecule has 0 amide bonds. The molecule has 146 valence electrons. The summed E-state index contributed by atoms with van der Waals surface area (Å²) in [5.74, 6) is 0.